The molecule has 4 nitrogen and oxygen atoms in total. The standard InChI is InChI=1S/C17H16N2O2S2/c1-13-7-8-16(22-13)23(20,21)19-17(14-5-3-2-4-6-14)15-9-11-18-12-10-15/h2-12,17,19H,1H3/t17-/m1/s1. The SMILES string of the molecule is Cc1ccc(S(=O)(=O)N[C@H](c2ccccc2)c2ccncc2)s1. The largest absolute Gasteiger partial charge is 0.265 e. The number of nitrogens with zero attached hydrogens (tertiary/aromatic N) is 1. The van der Waals surface area contributed by atoms with Gasteiger partial charge in [0.25, 0.3) is 10.0 Å². The first kappa shape index (κ1) is 15.9. The Morgan fingerprint density at radius 1 is 0.957 bits per heavy atom. The van der Waals surface area contributed by atoms with Gasteiger partial charge in [-0.1, -0.05) is 30.3 Å². The molecule has 0 bridgehead atoms. The predicted molar refractivity (Wildman–Crippen MR) is 91.9 cm³/mol. The second-order valence-corrected chi connectivity index (χ2v) is 8.34. The van der Waals surface area contributed by atoms with Crippen molar-refractivity contribution in [3.63, 3.8) is 0 Å². The molecule has 0 aliphatic carbocycles. The van der Waals surface area contributed by atoms with Crippen LogP contribution in [-0.2, 0) is 10.0 Å². The second-order valence-electron chi connectivity index (χ2n) is 5.11. The number of benzene rings is 1. The fourth-order valence-electron chi connectivity index (χ4n) is 2.30. The molecule has 23 heavy (non-hydrogen) atoms. The molecule has 0 saturated heterocycles. The van der Waals surface area contributed by atoms with E-state index < -0.39 is 16.1 Å². The number of thiophene rings is 1. The third-order valence-electron chi connectivity index (χ3n) is 3.43. The molecule has 118 valence electrons. The number of pyridine rings is 1. The lowest BCUT2D eigenvalue weighted by atomic mass is 10.0. The van der Waals surface area contributed by atoms with Gasteiger partial charge >= 0.3 is 0 Å². The van der Waals surface area contributed by atoms with Gasteiger partial charge in [0.1, 0.15) is 4.21 Å². The lowest BCUT2D eigenvalue weighted by Gasteiger charge is -2.19. The maximum atomic E-state index is 12.7. The van der Waals surface area contributed by atoms with Gasteiger partial charge < -0.3 is 0 Å². The van der Waals surface area contributed by atoms with E-state index in [9.17, 15) is 8.42 Å². The molecule has 0 unspecified atom stereocenters. The van der Waals surface area contributed by atoms with Gasteiger partial charge in [0, 0.05) is 17.3 Å². The van der Waals surface area contributed by atoms with Crippen LogP contribution in [0.25, 0.3) is 0 Å². The first-order chi connectivity index (χ1) is 11.1. The van der Waals surface area contributed by atoms with E-state index in [2.05, 4.69) is 9.71 Å². The van der Waals surface area contributed by atoms with Crippen LogP contribution in [-0.4, -0.2) is 13.4 Å². The van der Waals surface area contributed by atoms with E-state index in [0.717, 1.165) is 16.0 Å². The summed E-state index contributed by atoms with van der Waals surface area (Å²) in [5, 5.41) is 0. The number of hydrogen-bond acceptors (Lipinski definition) is 4. The average molecular weight is 344 g/mol. The Morgan fingerprint density at radius 2 is 1.61 bits per heavy atom. The molecule has 3 rings (SSSR count). The Bertz CT molecular complexity index is 836. The Morgan fingerprint density at radius 3 is 2.22 bits per heavy atom. The summed E-state index contributed by atoms with van der Waals surface area (Å²) in [7, 11) is -3.59. The first-order valence-corrected chi connectivity index (χ1v) is 9.40. The van der Waals surface area contributed by atoms with Crippen LogP contribution in [0.2, 0.25) is 0 Å². The second kappa shape index (κ2) is 6.62. The lowest BCUT2D eigenvalue weighted by molar-refractivity contribution is 0.574. The molecule has 0 aliphatic heterocycles. The quantitative estimate of drug-likeness (QED) is 0.770. The molecule has 0 amide bonds. The van der Waals surface area contributed by atoms with Crippen LogP contribution in [0.5, 0.6) is 0 Å². The summed E-state index contributed by atoms with van der Waals surface area (Å²) in [4.78, 5) is 4.97. The zero-order chi connectivity index (χ0) is 16.3. The molecule has 0 fully saturated rings. The molecule has 0 radical (unpaired) electrons. The third-order valence-corrected chi connectivity index (χ3v) is 6.34. The number of sulfonamides is 1. The topological polar surface area (TPSA) is 59.1 Å². The summed E-state index contributed by atoms with van der Waals surface area (Å²) in [6.07, 6.45) is 3.32. The number of aryl methyl sites for hydroxylation is 1. The molecule has 1 N–H and O–H groups in total. The zero-order valence-corrected chi connectivity index (χ0v) is 14.1. The van der Waals surface area contributed by atoms with Crippen molar-refractivity contribution in [2.24, 2.45) is 0 Å². The smallest absolute Gasteiger partial charge is 0.250 e. The van der Waals surface area contributed by atoms with Crippen LogP contribution in [0.15, 0.2) is 71.2 Å². The van der Waals surface area contributed by atoms with Gasteiger partial charge in [-0.2, -0.15) is 4.72 Å². The van der Waals surface area contributed by atoms with Gasteiger partial charge in [0.2, 0.25) is 0 Å². The number of hydrogen-bond donors (Lipinski definition) is 1. The zero-order valence-electron chi connectivity index (χ0n) is 12.5. The summed E-state index contributed by atoms with van der Waals surface area (Å²) in [6.45, 7) is 1.89. The molecular formula is C17H16N2O2S2. The van der Waals surface area contributed by atoms with E-state index in [1.807, 2.05) is 55.5 Å². The average Bonchev–Trinajstić information content (AvgIpc) is 3.02. The molecule has 0 saturated carbocycles. The minimum absolute atomic E-state index is 0.324. The monoisotopic (exact) mass is 344 g/mol. The molecule has 0 aliphatic rings. The van der Waals surface area contributed by atoms with Gasteiger partial charge in [-0.15, -0.1) is 11.3 Å². The Hall–Kier alpha value is -2.02. The van der Waals surface area contributed by atoms with Gasteiger partial charge in [-0.05, 0) is 42.3 Å². The Balaban J connectivity index is 2.00. The predicted octanol–water partition coefficient (Wildman–Crippen LogP) is 3.52. The molecule has 2 aromatic heterocycles. The molecule has 2 heterocycles. The van der Waals surface area contributed by atoms with Crippen molar-refractivity contribution in [3.05, 3.63) is 83.0 Å². The van der Waals surface area contributed by atoms with E-state index in [-0.39, 0.29) is 0 Å². The van der Waals surface area contributed by atoms with Crippen LogP contribution >= 0.6 is 11.3 Å². The summed E-state index contributed by atoms with van der Waals surface area (Å²) < 4.78 is 28.5. The van der Waals surface area contributed by atoms with Crippen molar-refractivity contribution >= 4 is 21.4 Å². The van der Waals surface area contributed by atoms with Gasteiger partial charge in [0.05, 0.1) is 6.04 Å². The molecule has 1 aromatic carbocycles. The molecule has 3 aromatic rings. The van der Waals surface area contributed by atoms with E-state index >= 15 is 0 Å². The molecular weight excluding hydrogens is 328 g/mol. The Kier molecular flexibility index (Phi) is 4.56. The van der Waals surface area contributed by atoms with Crippen LogP contribution in [0.3, 0.4) is 0 Å². The molecule has 6 heteroatoms. The summed E-state index contributed by atoms with van der Waals surface area (Å²) in [5.41, 5.74) is 1.73. The lowest BCUT2D eigenvalue weighted by Crippen LogP contribution is -2.29. The number of aromatic nitrogens is 1. The van der Waals surface area contributed by atoms with Crippen LogP contribution in [0.1, 0.15) is 22.0 Å². The van der Waals surface area contributed by atoms with Gasteiger partial charge in [-0.3, -0.25) is 4.98 Å². The minimum atomic E-state index is -3.59. The normalized spacial score (nSPS) is 12.9. The van der Waals surface area contributed by atoms with Crippen LogP contribution < -0.4 is 4.72 Å². The van der Waals surface area contributed by atoms with Crippen molar-refractivity contribution in [2.75, 3.05) is 0 Å². The van der Waals surface area contributed by atoms with Gasteiger partial charge in [0.15, 0.2) is 0 Å². The summed E-state index contributed by atoms with van der Waals surface area (Å²) in [6, 6.07) is 16.1. The van der Waals surface area contributed by atoms with Crippen molar-refractivity contribution in [3.8, 4) is 0 Å². The van der Waals surface area contributed by atoms with Crippen molar-refractivity contribution in [2.45, 2.75) is 17.2 Å². The highest BCUT2D eigenvalue weighted by Crippen LogP contribution is 2.26. The fraction of sp³-hybridized carbons (Fsp3) is 0.118. The highest BCUT2D eigenvalue weighted by molar-refractivity contribution is 7.91. The van der Waals surface area contributed by atoms with Crippen LogP contribution in [0.4, 0.5) is 0 Å². The summed E-state index contributed by atoms with van der Waals surface area (Å²) >= 11 is 1.26. The molecule has 0 spiro atoms. The van der Waals surface area contributed by atoms with Crippen LogP contribution in [0, 0.1) is 6.92 Å². The number of rotatable bonds is 5. The van der Waals surface area contributed by atoms with E-state index in [0.29, 0.717) is 4.21 Å². The van der Waals surface area contributed by atoms with Crippen molar-refractivity contribution in [1.82, 2.24) is 9.71 Å². The Labute approximate surface area is 139 Å². The molecule has 1 atom stereocenters. The van der Waals surface area contributed by atoms with Gasteiger partial charge in [-0.25, -0.2) is 8.42 Å². The summed E-state index contributed by atoms with van der Waals surface area (Å²) in [5.74, 6) is 0. The highest BCUT2D eigenvalue weighted by atomic mass is 32.2. The maximum absolute atomic E-state index is 12.7. The van der Waals surface area contributed by atoms with Crippen molar-refractivity contribution < 1.29 is 8.42 Å². The highest BCUT2D eigenvalue weighted by Gasteiger charge is 2.23. The minimum Gasteiger partial charge on any atom is -0.265 e. The number of nitrogens with one attached hydrogen (secondary N) is 1. The maximum Gasteiger partial charge on any atom is 0.250 e. The van der Waals surface area contributed by atoms with E-state index in [4.69, 9.17) is 0 Å². The third kappa shape index (κ3) is 3.67. The fourth-order valence-corrected chi connectivity index (χ4v) is 4.81. The van der Waals surface area contributed by atoms with E-state index in [1.165, 1.54) is 11.3 Å². The van der Waals surface area contributed by atoms with Crippen molar-refractivity contribution in [1.29, 1.82) is 0 Å². The first-order valence-electron chi connectivity index (χ1n) is 7.10. The van der Waals surface area contributed by atoms with E-state index in [1.54, 1.807) is 18.5 Å².